The highest BCUT2D eigenvalue weighted by atomic mass is 35.5. The summed E-state index contributed by atoms with van der Waals surface area (Å²) < 4.78 is 6.80. The number of carbonyl (C=O) groups is 1. The number of halogens is 2. The first-order valence-electron chi connectivity index (χ1n) is 8.39. The minimum Gasteiger partial charge on any atom is -0.496 e. The number of benzene rings is 2. The van der Waals surface area contributed by atoms with E-state index < -0.39 is 4.92 Å². The molecule has 0 radical (unpaired) electrons. The molecule has 0 saturated heterocycles. The zero-order chi connectivity index (χ0) is 21.0. The smallest absolute Gasteiger partial charge is 0.389 e. The van der Waals surface area contributed by atoms with Gasteiger partial charge < -0.3 is 14.9 Å². The van der Waals surface area contributed by atoms with Crippen LogP contribution in [0, 0.1) is 10.1 Å². The zero-order valence-electron chi connectivity index (χ0n) is 15.2. The van der Waals surface area contributed by atoms with Crippen molar-refractivity contribution in [2.24, 2.45) is 0 Å². The van der Waals surface area contributed by atoms with Gasteiger partial charge in [-0.1, -0.05) is 35.3 Å². The molecular weight excluding hydrogens is 417 g/mol. The summed E-state index contributed by atoms with van der Waals surface area (Å²) >= 11 is 11.8. The Morgan fingerprint density at radius 2 is 2.00 bits per heavy atom. The summed E-state index contributed by atoms with van der Waals surface area (Å²) in [5.41, 5.74) is 1.94. The van der Waals surface area contributed by atoms with E-state index in [4.69, 9.17) is 27.9 Å². The van der Waals surface area contributed by atoms with E-state index in [1.165, 1.54) is 36.2 Å². The van der Waals surface area contributed by atoms with Crippen molar-refractivity contribution in [2.45, 2.75) is 6.54 Å². The fourth-order valence-electron chi connectivity index (χ4n) is 2.65. The third-order valence-corrected chi connectivity index (χ3v) is 4.82. The van der Waals surface area contributed by atoms with Gasteiger partial charge in [0.05, 0.1) is 41.1 Å². The molecule has 3 aromatic rings. The number of aromatic nitrogens is 2. The second kappa shape index (κ2) is 8.89. The van der Waals surface area contributed by atoms with Crippen LogP contribution in [0.25, 0.3) is 6.08 Å². The molecule has 0 amide bonds. The number of nitro groups is 1. The molecule has 0 N–H and O–H groups in total. The standard InChI is InChI=1S/C20H15Cl2N3O4/c1-29-19-7-3-13(2-6-18(26)14-4-5-16(21)17(22)11-14)10-15(19)12-24-9-8-20(23-24)25(27)28/h2-11H,12H2,1H3/b6-2+. The van der Waals surface area contributed by atoms with Gasteiger partial charge in [-0.3, -0.25) is 4.79 Å². The van der Waals surface area contributed by atoms with Gasteiger partial charge >= 0.3 is 5.82 Å². The Kier molecular flexibility index (Phi) is 6.31. The van der Waals surface area contributed by atoms with Gasteiger partial charge in [0, 0.05) is 11.1 Å². The first-order chi connectivity index (χ1) is 13.9. The Morgan fingerprint density at radius 1 is 1.21 bits per heavy atom. The topological polar surface area (TPSA) is 87.3 Å². The number of hydrogen-bond acceptors (Lipinski definition) is 5. The Morgan fingerprint density at radius 3 is 2.66 bits per heavy atom. The Bertz CT molecular complexity index is 1110. The predicted molar refractivity (Wildman–Crippen MR) is 111 cm³/mol. The fourth-order valence-corrected chi connectivity index (χ4v) is 2.95. The molecule has 0 aliphatic heterocycles. The molecule has 0 saturated carbocycles. The van der Waals surface area contributed by atoms with E-state index in [1.807, 2.05) is 6.07 Å². The number of methoxy groups -OCH3 is 1. The van der Waals surface area contributed by atoms with Gasteiger partial charge in [-0.05, 0) is 46.9 Å². The lowest BCUT2D eigenvalue weighted by atomic mass is 10.1. The fraction of sp³-hybridized carbons (Fsp3) is 0.100. The quantitative estimate of drug-likeness (QED) is 0.226. The van der Waals surface area contributed by atoms with Gasteiger partial charge in [-0.25, -0.2) is 0 Å². The van der Waals surface area contributed by atoms with Crippen LogP contribution in [0.2, 0.25) is 10.0 Å². The van der Waals surface area contributed by atoms with Crippen molar-refractivity contribution in [3.63, 3.8) is 0 Å². The molecule has 0 spiro atoms. The normalized spacial score (nSPS) is 11.0. The molecule has 3 rings (SSSR count). The molecular formula is C20H15Cl2N3O4. The van der Waals surface area contributed by atoms with Gasteiger partial charge in [0.25, 0.3) is 0 Å². The van der Waals surface area contributed by atoms with E-state index in [0.717, 1.165) is 11.1 Å². The molecule has 1 heterocycles. The summed E-state index contributed by atoms with van der Waals surface area (Å²) in [6.45, 7) is 0.277. The molecule has 0 aliphatic carbocycles. The minimum absolute atomic E-state index is 0.219. The van der Waals surface area contributed by atoms with Crippen LogP contribution in [0.15, 0.2) is 54.7 Å². The molecule has 0 atom stereocenters. The molecule has 2 aromatic carbocycles. The van der Waals surface area contributed by atoms with Crippen molar-refractivity contribution in [3.8, 4) is 5.75 Å². The van der Waals surface area contributed by atoms with Crippen LogP contribution in [0.3, 0.4) is 0 Å². The van der Waals surface area contributed by atoms with Crippen molar-refractivity contribution in [1.82, 2.24) is 9.78 Å². The van der Waals surface area contributed by atoms with E-state index >= 15 is 0 Å². The maximum absolute atomic E-state index is 12.4. The third kappa shape index (κ3) is 5.01. The lowest BCUT2D eigenvalue weighted by Crippen LogP contribution is -2.03. The number of ether oxygens (including phenoxy) is 1. The zero-order valence-corrected chi connectivity index (χ0v) is 16.7. The lowest BCUT2D eigenvalue weighted by Gasteiger charge is -2.08. The summed E-state index contributed by atoms with van der Waals surface area (Å²) in [4.78, 5) is 22.6. The van der Waals surface area contributed by atoms with E-state index in [2.05, 4.69) is 5.10 Å². The molecule has 9 heteroatoms. The maximum atomic E-state index is 12.4. The number of nitrogens with zero attached hydrogens (tertiary/aromatic N) is 3. The Labute approximate surface area is 176 Å². The van der Waals surface area contributed by atoms with Crippen LogP contribution >= 0.6 is 23.2 Å². The predicted octanol–water partition coefficient (Wildman–Crippen LogP) is 5.05. The molecule has 0 bridgehead atoms. The van der Waals surface area contributed by atoms with Crippen molar-refractivity contribution in [2.75, 3.05) is 7.11 Å². The Hall–Kier alpha value is -3.16. The molecule has 148 valence electrons. The van der Waals surface area contributed by atoms with Crippen LogP contribution in [-0.4, -0.2) is 27.6 Å². The van der Waals surface area contributed by atoms with Crippen molar-refractivity contribution in [1.29, 1.82) is 0 Å². The average molecular weight is 432 g/mol. The van der Waals surface area contributed by atoms with Gasteiger partial charge in [0.15, 0.2) is 5.78 Å². The molecule has 29 heavy (non-hydrogen) atoms. The van der Waals surface area contributed by atoms with Gasteiger partial charge in [-0.2, -0.15) is 4.68 Å². The first-order valence-corrected chi connectivity index (χ1v) is 9.15. The van der Waals surface area contributed by atoms with E-state index in [1.54, 1.807) is 30.3 Å². The summed E-state index contributed by atoms with van der Waals surface area (Å²) in [5, 5.41) is 15.4. The molecule has 7 nitrogen and oxygen atoms in total. The van der Waals surface area contributed by atoms with E-state index in [9.17, 15) is 14.9 Å². The number of rotatable bonds is 7. The first kappa shape index (κ1) is 20.6. The molecule has 1 aromatic heterocycles. The summed E-state index contributed by atoms with van der Waals surface area (Å²) in [7, 11) is 1.54. The van der Waals surface area contributed by atoms with Crippen LogP contribution < -0.4 is 4.74 Å². The highest BCUT2D eigenvalue weighted by Gasteiger charge is 2.13. The van der Waals surface area contributed by atoms with E-state index in [-0.39, 0.29) is 18.1 Å². The second-order valence-electron chi connectivity index (χ2n) is 6.03. The van der Waals surface area contributed by atoms with Gasteiger partial charge in [0.1, 0.15) is 5.75 Å². The maximum Gasteiger partial charge on any atom is 0.389 e. The SMILES string of the molecule is COc1ccc(/C=C/C(=O)c2ccc(Cl)c(Cl)c2)cc1Cn1ccc([N+](=O)[O-])n1. The van der Waals surface area contributed by atoms with Crippen LogP contribution in [-0.2, 0) is 6.54 Å². The summed E-state index contributed by atoms with van der Waals surface area (Å²) in [6.07, 6.45) is 4.62. The van der Waals surface area contributed by atoms with Crippen molar-refractivity contribution >= 4 is 40.9 Å². The molecule has 0 fully saturated rings. The number of carbonyl (C=O) groups excluding carboxylic acids is 1. The lowest BCUT2D eigenvalue weighted by molar-refractivity contribution is -0.389. The van der Waals surface area contributed by atoms with Gasteiger partial charge in [-0.15, -0.1) is 0 Å². The second-order valence-corrected chi connectivity index (χ2v) is 6.84. The third-order valence-electron chi connectivity index (χ3n) is 4.08. The number of hydrogen-bond donors (Lipinski definition) is 0. The summed E-state index contributed by atoms with van der Waals surface area (Å²) in [6, 6.07) is 11.4. The molecule has 0 aliphatic rings. The van der Waals surface area contributed by atoms with Crippen LogP contribution in [0.1, 0.15) is 21.5 Å². The molecule has 0 unspecified atom stereocenters. The van der Waals surface area contributed by atoms with Crippen molar-refractivity contribution < 1.29 is 14.5 Å². The summed E-state index contributed by atoms with van der Waals surface area (Å²) in [5.74, 6) is 0.159. The van der Waals surface area contributed by atoms with E-state index in [0.29, 0.717) is 21.4 Å². The van der Waals surface area contributed by atoms with Crippen LogP contribution in [0.5, 0.6) is 5.75 Å². The average Bonchev–Trinajstić information content (AvgIpc) is 3.17. The van der Waals surface area contributed by atoms with Crippen molar-refractivity contribution in [3.05, 3.63) is 91.6 Å². The monoisotopic (exact) mass is 431 g/mol. The number of allylic oxidation sites excluding steroid dienone is 1. The minimum atomic E-state index is -0.554. The van der Waals surface area contributed by atoms with Gasteiger partial charge in [0.2, 0.25) is 0 Å². The largest absolute Gasteiger partial charge is 0.496 e. The highest BCUT2D eigenvalue weighted by molar-refractivity contribution is 6.42. The Balaban J connectivity index is 1.81. The number of ketones is 1. The highest BCUT2D eigenvalue weighted by Crippen LogP contribution is 2.24. The van der Waals surface area contributed by atoms with Crippen LogP contribution in [0.4, 0.5) is 5.82 Å².